The van der Waals surface area contributed by atoms with Crippen LogP contribution in [0.2, 0.25) is 0 Å². The summed E-state index contributed by atoms with van der Waals surface area (Å²) in [6, 6.07) is 18.2. The van der Waals surface area contributed by atoms with E-state index in [1.807, 2.05) is 49.4 Å². The van der Waals surface area contributed by atoms with Crippen molar-refractivity contribution >= 4 is 18.1 Å². The third kappa shape index (κ3) is 4.36. The third-order valence-corrected chi connectivity index (χ3v) is 4.12. The number of aromatic carboxylic acids is 1. The van der Waals surface area contributed by atoms with E-state index < -0.39 is 5.97 Å². The maximum atomic E-state index is 12.3. The van der Waals surface area contributed by atoms with Crippen LogP contribution in [-0.2, 0) is 6.54 Å². The monoisotopic (exact) mass is 345 g/mol. The van der Waals surface area contributed by atoms with Crippen molar-refractivity contribution in [3.63, 3.8) is 0 Å². The molecule has 1 aromatic heterocycles. The molecule has 0 aliphatic carbocycles. The van der Waals surface area contributed by atoms with Crippen molar-refractivity contribution in [3.8, 4) is 0 Å². The van der Waals surface area contributed by atoms with Crippen molar-refractivity contribution in [1.29, 1.82) is 0 Å². The largest absolute Gasteiger partial charge is 0.478 e. The highest BCUT2D eigenvalue weighted by Crippen LogP contribution is 2.09. The summed E-state index contributed by atoms with van der Waals surface area (Å²) in [5.74, 6) is -0.960. The van der Waals surface area contributed by atoms with Gasteiger partial charge in [-0.2, -0.15) is 0 Å². The van der Waals surface area contributed by atoms with Gasteiger partial charge in [0.25, 0.3) is 5.56 Å². The topological polar surface area (TPSA) is 59.3 Å². The second-order valence-corrected chi connectivity index (χ2v) is 6.17. The molecule has 0 aliphatic heterocycles. The number of benzene rings is 2. The maximum Gasteiger partial charge on any atom is 0.335 e. The first-order valence-electron chi connectivity index (χ1n) is 8.29. The summed E-state index contributed by atoms with van der Waals surface area (Å²) in [5, 5.41) is 8.92. The number of carboxylic acids is 1. The van der Waals surface area contributed by atoms with E-state index in [9.17, 15) is 9.59 Å². The first-order chi connectivity index (χ1) is 12.5. The van der Waals surface area contributed by atoms with E-state index in [4.69, 9.17) is 5.11 Å². The molecule has 0 spiro atoms. The van der Waals surface area contributed by atoms with Gasteiger partial charge in [-0.1, -0.05) is 54.1 Å². The smallest absolute Gasteiger partial charge is 0.335 e. The van der Waals surface area contributed by atoms with Gasteiger partial charge >= 0.3 is 5.97 Å². The van der Waals surface area contributed by atoms with Crippen LogP contribution in [0.1, 0.15) is 32.6 Å². The Balaban J connectivity index is 1.73. The lowest BCUT2D eigenvalue weighted by Crippen LogP contribution is -2.19. The fraction of sp³-hybridized carbons (Fsp3) is 0.0909. The molecule has 0 aliphatic rings. The van der Waals surface area contributed by atoms with E-state index in [-0.39, 0.29) is 11.1 Å². The number of aryl methyl sites for hydroxylation is 1. The molecule has 0 unspecified atom stereocenters. The minimum atomic E-state index is -0.960. The second-order valence-electron chi connectivity index (χ2n) is 6.17. The van der Waals surface area contributed by atoms with Crippen LogP contribution < -0.4 is 5.56 Å². The van der Waals surface area contributed by atoms with Crippen LogP contribution in [0, 0.1) is 6.92 Å². The van der Waals surface area contributed by atoms with Gasteiger partial charge in [0.1, 0.15) is 0 Å². The number of rotatable bonds is 5. The molecule has 130 valence electrons. The Hall–Kier alpha value is -3.40. The van der Waals surface area contributed by atoms with Crippen LogP contribution in [0.3, 0.4) is 0 Å². The Kier molecular flexibility index (Phi) is 5.13. The zero-order chi connectivity index (χ0) is 18.5. The summed E-state index contributed by atoms with van der Waals surface area (Å²) < 4.78 is 1.60. The molecule has 2 aromatic carbocycles. The summed E-state index contributed by atoms with van der Waals surface area (Å²) in [7, 11) is 0. The van der Waals surface area contributed by atoms with Gasteiger partial charge in [0, 0.05) is 12.3 Å². The highest BCUT2D eigenvalue weighted by Gasteiger charge is 2.03. The van der Waals surface area contributed by atoms with Crippen LogP contribution in [0.5, 0.6) is 0 Å². The molecule has 3 rings (SSSR count). The van der Waals surface area contributed by atoms with Gasteiger partial charge in [-0.15, -0.1) is 0 Å². The molecular formula is C22H19NO3. The number of carbonyl (C=O) groups is 1. The normalized spacial score (nSPS) is 11.0. The molecular weight excluding hydrogens is 326 g/mol. The van der Waals surface area contributed by atoms with Crippen molar-refractivity contribution in [3.05, 3.63) is 105 Å². The number of carboxylic acid groups (broad SMARTS) is 1. The van der Waals surface area contributed by atoms with Crippen molar-refractivity contribution in [2.75, 3.05) is 0 Å². The SMILES string of the molecule is Cc1ccc(/C=C/c2ccn(Cc3ccc(C(=O)O)cc3)c(=O)c2)cc1. The molecule has 1 heterocycles. The molecule has 0 saturated carbocycles. The van der Waals surface area contributed by atoms with Gasteiger partial charge < -0.3 is 9.67 Å². The van der Waals surface area contributed by atoms with Gasteiger partial charge in [-0.25, -0.2) is 4.79 Å². The first-order valence-corrected chi connectivity index (χ1v) is 8.29. The number of hydrogen-bond acceptors (Lipinski definition) is 2. The Labute approximate surface area is 151 Å². The Morgan fingerprint density at radius 2 is 1.62 bits per heavy atom. The standard InChI is InChI=1S/C22H19NO3/c1-16-2-4-17(5-3-16)6-7-18-12-13-23(21(24)14-18)15-19-8-10-20(11-9-19)22(25)26/h2-14H,15H2,1H3,(H,25,26)/b7-6+. The number of aromatic nitrogens is 1. The van der Waals surface area contributed by atoms with E-state index in [1.165, 1.54) is 5.56 Å². The van der Waals surface area contributed by atoms with E-state index in [0.717, 1.165) is 16.7 Å². The molecule has 4 nitrogen and oxygen atoms in total. The average Bonchev–Trinajstić information content (AvgIpc) is 2.64. The highest BCUT2D eigenvalue weighted by atomic mass is 16.4. The van der Waals surface area contributed by atoms with Crippen LogP contribution in [0.4, 0.5) is 0 Å². The molecule has 0 fully saturated rings. The first kappa shape index (κ1) is 17.4. The van der Waals surface area contributed by atoms with Crippen LogP contribution in [0.15, 0.2) is 71.7 Å². The van der Waals surface area contributed by atoms with E-state index in [2.05, 4.69) is 0 Å². The maximum absolute atomic E-state index is 12.3. The van der Waals surface area contributed by atoms with Gasteiger partial charge in [0.05, 0.1) is 12.1 Å². The summed E-state index contributed by atoms with van der Waals surface area (Å²) in [6.07, 6.45) is 5.64. The van der Waals surface area contributed by atoms with Gasteiger partial charge in [-0.3, -0.25) is 4.79 Å². The molecule has 3 aromatic rings. The van der Waals surface area contributed by atoms with Crippen LogP contribution >= 0.6 is 0 Å². The predicted octanol–water partition coefficient (Wildman–Crippen LogP) is 4.07. The van der Waals surface area contributed by atoms with Crippen molar-refractivity contribution < 1.29 is 9.90 Å². The zero-order valence-electron chi connectivity index (χ0n) is 14.4. The fourth-order valence-electron chi connectivity index (χ4n) is 2.58. The lowest BCUT2D eigenvalue weighted by Gasteiger charge is -2.06. The molecule has 0 bridgehead atoms. The number of pyridine rings is 1. The molecule has 1 N–H and O–H groups in total. The molecule has 0 atom stereocenters. The van der Waals surface area contributed by atoms with E-state index in [1.54, 1.807) is 41.1 Å². The zero-order valence-corrected chi connectivity index (χ0v) is 14.4. The molecule has 26 heavy (non-hydrogen) atoms. The summed E-state index contributed by atoms with van der Waals surface area (Å²) in [5.41, 5.74) is 4.14. The lowest BCUT2D eigenvalue weighted by atomic mass is 10.1. The second kappa shape index (κ2) is 7.66. The number of hydrogen-bond donors (Lipinski definition) is 1. The summed E-state index contributed by atoms with van der Waals surface area (Å²) >= 11 is 0. The van der Waals surface area contributed by atoms with Crippen LogP contribution in [-0.4, -0.2) is 15.6 Å². The van der Waals surface area contributed by atoms with Crippen molar-refractivity contribution in [2.45, 2.75) is 13.5 Å². The van der Waals surface area contributed by atoms with Crippen LogP contribution in [0.25, 0.3) is 12.2 Å². The van der Waals surface area contributed by atoms with Crippen molar-refractivity contribution in [2.24, 2.45) is 0 Å². The fourth-order valence-corrected chi connectivity index (χ4v) is 2.58. The Morgan fingerprint density at radius 1 is 0.962 bits per heavy atom. The van der Waals surface area contributed by atoms with Gasteiger partial charge in [-0.05, 0) is 41.8 Å². The molecule has 4 heteroatoms. The van der Waals surface area contributed by atoms with Gasteiger partial charge in [0.15, 0.2) is 0 Å². The summed E-state index contributed by atoms with van der Waals surface area (Å²) in [6.45, 7) is 2.45. The minimum Gasteiger partial charge on any atom is -0.478 e. The van der Waals surface area contributed by atoms with Crippen molar-refractivity contribution in [1.82, 2.24) is 4.57 Å². The van der Waals surface area contributed by atoms with Gasteiger partial charge in [0.2, 0.25) is 0 Å². The number of nitrogens with zero attached hydrogens (tertiary/aromatic N) is 1. The van der Waals surface area contributed by atoms with E-state index in [0.29, 0.717) is 6.54 Å². The minimum absolute atomic E-state index is 0.0987. The molecule has 0 amide bonds. The molecule has 0 radical (unpaired) electrons. The predicted molar refractivity (Wildman–Crippen MR) is 103 cm³/mol. The quantitative estimate of drug-likeness (QED) is 0.758. The third-order valence-electron chi connectivity index (χ3n) is 4.12. The Bertz CT molecular complexity index is 997. The molecule has 0 saturated heterocycles. The lowest BCUT2D eigenvalue weighted by molar-refractivity contribution is 0.0697. The highest BCUT2D eigenvalue weighted by molar-refractivity contribution is 5.87. The Morgan fingerprint density at radius 3 is 2.23 bits per heavy atom. The summed E-state index contributed by atoms with van der Waals surface area (Å²) in [4.78, 5) is 23.2. The average molecular weight is 345 g/mol. The van der Waals surface area contributed by atoms with E-state index >= 15 is 0 Å².